The third kappa shape index (κ3) is 5.38. The van der Waals surface area contributed by atoms with Crippen molar-refractivity contribution in [2.24, 2.45) is 0 Å². The van der Waals surface area contributed by atoms with E-state index >= 15 is 0 Å². The fourth-order valence-electron chi connectivity index (χ4n) is 3.57. The number of aromatic nitrogens is 2. The number of aliphatic carboxylic acids is 1. The number of rotatable bonds is 6. The fourth-order valence-corrected chi connectivity index (χ4v) is 3.57. The topological polar surface area (TPSA) is 98.6 Å². The van der Waals surface area contributed by atoms with Gasteiger partial charge in [-0.1, -0.05) is 0 Å². The van der Waals surface area contributed by atoms with Gasteiger partial charge in [0.1, 0.15) is 11.6 Å². The van der Waals surface area contributed by atoms with Crippen molar-refractivity contribution >= 4 is 11.8 Å². The zero-order valence-electron chi connectivity index (χ0n) is 16.4. The Bertz CT molecular complexity index is 921. The number of nitrogens with zero attached hydrogens (tertiary/aromatic N) is 3. The summed E-state index contributed by atoms with van der Waals surface area (Å²) in [7, 11) is 0. The number of phenols is 1. The molecule has 162 valence electrons. The molecule has 7 nitrogen and oxygen atoms in total. The molecule has 2 aromatic rings. The Balaban J connectivity index is 1.70. The lowest BCUT2D eigenvalue weighted by atomic mass is 10.0. The highest BCUT2D eigenvalue weighted by molar-refractivity contribution is 5.70. The molecule has 2 heterocycles. The van der Waals surface area contributed by atoms with Crippen LogP contribution >= 0.6 is 0 Å². The number of hydrogen-bond acceptors (Lipinski definition) is 6. The largest absolute Gasteiger partial charge is 0.507 e. The highest BCUT2D eigenvalue weighted by Gasteiger charge is 2.31. The lowest BCUT2D eigenvalue weighted by Gasteiger charge is -2.33. The van der Waals surface area contributed by atoms with E-state index < -0.39 is 23.5 Å². The second-order valence-corrected chi connectivity index (χ2v) is 7.42. The number of aryl methyl sites for hydroxylation is 1. The molecule has 3 N–H and O–H groups in total. The molecule has 30 heavy (non-hydrogen) atoms. The number of aromatic hydroxyl groups is 1. The summed E-state index contributed by atoms with van der Waals surface area (Å²) in [6, 6.07) is 4.58. The van der Waals surface area contributed by atoms with Crippen molar-refractivity contribution in [1.82, 2.24) is 15.1 Å². The molecule has 0 aliphatic carbocycles. The number of alkyl halides is 3. The van der Waals surface area contributed by atoms with E-state index in [0.717, 1.165) is 25.5 Å². The molecule has 0 spiro atoms. The van der Waals surface area contributed by atoms with E-state index in [2.05, 4.69) is 20.4 Å². The average Bonchev–Trinajstić information content (AvgIpc) is 2.66. The van der Waals surface area contributed by atoms with Crippen LogP contribution in [0.5, 0.6) is 5.75 Å². The quantitative estimate of drug-likeness (QED) is 0.653. The minimum Gasteiger partial charge on any atom is -0.507 e. The van der Waals surface area contributed by atoms with Crippen LogP contribution < -0.4 is 5.32 Å². The van der Waals surface area contributed by atoms with Crippen LogP contribution in [-0.2, 0) is 11.0 Å². The van der Waals surface area contributed by atoms with E-state index in [9.17, 15) is 23.1 Å². The lowest BCUT2D eigenvalue weighted by Crippen LogP contribution is -2.43. The normalized spacial score (nSPS) is 17.7. The van der Waals surface area contributed by atoms with Crippen LogP contribution in [0.15, 0.2) is 24.3 Å². The van der Waals surface area contributed by atoms with Gasteiger partial charge in [-0.2, -0.15) is 13.2 Å². The number of carboxylic acid groups (broad SMARTS) is 1. The summed E-state index contributed by atoms with van der Waals surface area (Å²) < 4.78 is 38.4. The van der Waals surface area contributed by atoms with Crippen molar-refractivity contribution in [3.05, 3.63) is 35.4 Å². The van der Waals surface area contributed by atoms with Crippen molar-refractivity contribution in [3.8, 4) is 17.0 Å². The third-order valence-corrected chi connectivity index (χ3v) is 5.06. The lowest BCUT2D eigenvalue weighted by molar-refractivity contribution is -0.138. The molecule has 3 rings (SSSR count). The average molecular weight is 424 g/mol. The number of carbonyl (C=O) groups is 1. The first-order chi connectivity index (χ1) is 14.1. The van der Waals surface area contributed by atoms with Gasteiger partial charge in [-0.25, -0.2) is 0 Å². The molecule has 10 heteroatoms. The molecule has 1 aliphatic rings. The highest BCUT2D eigenvalue weighted by Crippen LogP contribution is 2.36. The van der Waals surface area contributed by atoms with Gasteiger partial charge in [0.25, 0.3) is 0 Å². The molecular weight excluding hydrogens is 401 g/mol. The van der Waals surface area contributed by atoms with Crippen molar-refractivity contribution in [2.45, 2.75) is 38.4 Å². The summed E-state index contributed by atoms with van der Waals surface area (Å²) in [5, 5.41) is 30.4. The fraction of sp³-hybridized carbons (Fsp3) is 0.450. The minimum absolute atomic E-state index is 0.0894. The van der Waals surface area contributed by atoms with Gasteiger partial charge >= 0.3 is 12.1 Å². The van der Waals surface area contributed by atoms with Crippen molar-refractivity contribution in [3.63, 3.8) is 0 Å². The van der Waals surface area contributed by atoms with Gasteiger partial charge in [0.05, 0.1) is 17.7 Å². The molecule has 0 unspecified atom stereocenters. The number of carboxylic acids is 1. The molecule has 1 fully saturated rings. The summed E-state index contributed by atoms with van der Waals surface area (Å²) in [5.41, 5.74) is 0.203. The van der Waals surface area contributed by atoms with Crippen LogP contribution in [-0.4, -0.2) is 57.0 Å². The van der Waals surface area contributed by atoms with E-state index in [-0.39, 0.29) is 18.0 Å². The Hall–Kier alpha value is -2.88. The predicted octanol–water partition coefficient (Wildman–Crippen LogP) is 3.53. The SMILES string of the molecule is Cc1cc(N[C@@H]2CCCN(CCC(=O)O)C2)nnc1-c1ccc(C(F)(F)F)cc1O. The second-order valence-electron chi connectivity index (χ2n) is 7.42. The van der Waals surface area contributed by atoms with Crippen LogP contribution in [0, 0.1) is 6.92 Å². The molecule has 1 aromatic carbocycles. The Morgan fingerprint density at radius 2 is 2.07 bits per heavy atom. The van der Waals surface area contributed by atoms with Crippen molar-refractivity contribution in [1.29, 1.82) is 0 Å². The third-order valence-electron chi connectivity index (χ3n) is 5.06. The van der Waals surface area contributed by atoms with Crippen LogP contribution in [0.2, 0.25) is 0 Å². The van der Waals surface area contributed by atoms with Crippen LogP contribution in [0.1, 0.15) is 30.4 Å². The number of hydrogen-bond donors (Lipinski definition) is 3. The number of phenolic OH excluding ortho intramolecular Hbond substituents is 1. The molecule has 0 amide bonds. The first-order valence-corrected chi connectivity index (χ1v) is 9.59. The molecule has 1 atom stereocenters. The standard InChI is InChI=1S/C20H23F3N4O3/c1-12-9-17(24-14-3-2-7-27(11-14)8-6-18(29)30)25-26-19(12)15-5-4-13(10-16(15)28)20(21,22)23/h4-5,9-10,14,28H,2-3,6-8,11H2,1H3,(H,24,25)(H,29,30)/t14-/m1/s1. The van der Waals surface area contributed by atoms with Gasteiger partial charge < -0.3 is 20.4 Å². The van der Waals surface area contributed by atoms with Crippen molar-refractivity contribution in [2.75, 3.05) is 25.0 Å². The Morgan fingerprint density at radius 3 is 2.70 bits per heavy atom. The summed E-state index contributed by atoms with van der Waals surface area (Å²) in [6.45, 7) is 3.77. The minimum atomic E-state index is -4.54. The number of benzene rings is 1. The molecule has 0 radical (unpaired) electrons. The van der Waals surface area contributed by atoms with E-state index in [1.54, 1.807) is 13.0 Å². The van der Waals surface area contributed by atoms with Gasteiger partial charge in [0.2, 0.25) is 0 Å². The number of anilines is 1. The maximum Gasteiger partial charge on any atom is 0.416 e. The van der Waals surface area contributed by atoms with E-state index in [1.165, 1.54) is 6.07 Å². The van der Waals surface area contributed by atoms with Gasteiger partial charge in [0.15, 0.2) is 0 Å². The maximum atomic E-state index is 12.8. The molecule has 0 saturated carbocycles. The van der Waals surface area contributed by atoms with Crippen LogP contribution in [0.25, 0.3) is 11.3 Å². The molecule has 1 saturated heterocycles. The van der Waals surface area contributed by atoms with E-state index in [0.29, 0.717) is 36.2 Å². The van der Waals surface area contributed by atoms with E-state index in [4.69, 9.17) is 5.11 Å². The summed E-state index contributed by atoms with van der Waals surface area (Å²) in [5.74, 6) is -0.814. The molecular formula is C20H23F3N4O3. The zero-order valence-corrected chi connectivity index (χ0v) is 16.4. The predicted molar refractivity (Wildman–Crippen MR) is 104 cm³/mol. The number of nitrogens with one attached hydrogen (secondary N) is 1. The first kappa shape index (κ1) is 21.8. The van der Waals surface area contributed by atoms with E-state index in [1.807, 2.05) is 0 Å². The van der Waals surface area contributed by atoms with Gasteiger partial charge in [-0.3, -0.25) is 4.79 Å². The Labute approximate surface area is 171 Å². The number of likely N-dealkylation sites (tertiary alicyclic amines) is 1. The van der Waals surface area contributed by atoms with Crippen LogP contribution in [0.4, 0.5) is 19.0 Å². The monoisotopic (exact) mass is 424 g/mol. The Kier molecular flexibility index (Phi) is 6.45. The summed E-state index contributed by atoms with van der Waals surface area (Å²) in [6.07, 6.45) is -2.60. The van der Waals surface area contributed by atoms with Gasteiger partial charge in [-0.15, -0.1) is 10.2 Å². The van der Waals surface area contributed by atoms with Crippen LogP contribution in [0.3, 0.4) is 0 Å². The molecule has 1 aliphatic heterocycles. The number of piperidine rings is 1. The van der Waals surface area contributed by atoms with Gasteiger partial charge in [0, 0.05) is 24.7 Å². The number of halogens is 3. The highest BCUT2D eigenvalue weighted by atomic mass is 19.4. The summed E-state index contributed by atoms with van der Waals surface area (Å²) >= 11 is 0. The maximum absolute atomic E-state index is 12.8. The smallest absolute Gasteiger partial charge is 0.416 e. The zero-order chi connectivity index (χ0) is 21.9. The van der Waals surface area contributed by atoms with Gasteiger partial charge in [-0.05, 0) is 56.1 Å². The second kappa shape index (κ2) is 8.86. The first-order valence-electron chi connectivity index (χ1n) is 9.59. The summed E-state index contributed by atoms with van der Waals surface area (Å²) in [4.78, 5) is 12.8. The van der Waals surface area contributed by atoms with Crippen molar-refractivity contribution < 1.29 is 28.2 Å². The molecule has 1 aromatic heterocycles. The molecule has 0 bridgehead atoms. The Morgan fingerprint density at radius 1 is 1.30 bits per heavy atom.